The van der Waals surface area contributed by atoms with E-state index in [-0.39, 0.29) is 5.91 Å². The van der Waals surface area contributed by atoms with Gasteiger partial charge in [0, 0.05) is 48.0 Å². The highest BCUT2D eigenvalue weighted by molar-refractivity contribution is 7.08. The molecule has 8 heteroatoms. The van der Waals surface area contributed by atoms with Crippen LogP contribution < -0.4 is 11.1 Å². The fourth-order valence-corrected chi connectivity index (χ4v) is 3.55. The lowest BCUT2D eigenvalue weighted by Crippen LogP contribution is -2.37. The Hall–Kier alpha value is -2.35. The zero-order chi connectivity index (χ0) is 20.7. The fourth-order valence-electron chi connectivity index (χ4n) is 2.83. The van der Waals surface area contributed by atoms with Gasteiger partial charge >= 0.3 is 6.09 Å². The van der Waals surface area contributed by atoms with Crippen molar-refractivity contribution in [2.45, 2.75) is 52.6 Å². The minimum atomic E-state index is -0.526. The summed E-state index contributed by atoms with van der Waals surface area (Å²) in [5.74, 6) is 0.413. The Bertz CT molecular complexity index is 762. The van der Waals surface area contributed by atoms with Crippen LogP contribution in [0.5, 0.6) is 0 Å². The van der Waals surface area contributed by atoms with Gasteiger partial charge in [0.05, 0.1) is 5.69 Å². The average molecular weight is 407 g/mol. The molecule has 1 aromatic rings. The minimum absolute atomic E-state index is 0.0312. The Morgan fingerprint density at radius 3 is 2.75 bits per heavy atom. The fraction of sp³-hybridized carbons (Fsp3) is 0.550. The second-order valence-corrected chi connectivity index (χ2v) is 8.48. The first kappa shape index (κ1) is 21.9. The molecule has 154 valence electrons. The summed E-state index contributed by atoms with van der Waals surface area (Å²) in [5.41, 5.74) is 7.86. The molecule has 1 aliphatic rings. The summed E-state index contributed by atoms with van der Waals surface area (Å²) in [6.07, 6.45) is 3.28. The van der Waals surface area contributed by atoms with E-state index in [1.54, 1.807) is 0 Å². The number of carbonyl (C=O) groups is 2. The van der Waals surface area contributed by atoms with E-state index in [4.69, 9.17) is 10.5 Å². The monoisotopic (exact) mass is 406 g/mol. The number of nitrogens with two attached hydrogens (primary N) is 1. The van der Waals surface area contributed by atoms with Gasteiger partial charge in [-0.05, 0) is 39.7 Å². The normalized spacial score (nSPS) is 13.7. The SMILES string of the molecule is CCCN(CCCNC(=O)OC(C)(C)C)C(=O)C1=Cc2cscc2N=C(N)C1. The summed E-state index contributed by atoms with van der Waals surface area (Å²) in [6.45, 7) is 9.14. The number of nitrogens with zero attached hydrogens (tertiary/aromatic N) is 2. The number of hydrogen-bond donors (Lipinski definition) is 2. The van der Waals surface area contributed by atoms with E-state index in [0.717, 1.165) is 17.7 Å². The molecule has 0 saturated carbocycles. The third-order valence-corrected chi connectivity index (χ3v) is 4.71. The highest BCUT2D eigenvalue weighted by Gasteiger charge is 2.21. The predicted octanol–water partition coefficient (Wildman–Crippen LogP) is 3.68. The molecule has 0 unspecified atom stereocenters. The van der Waals surface area contributed by atoms with Crippen molar-refractivity contribution < 1.29 is 14.3 Å². The number of amides is 2. The number of rotatable bonds is 7. The first-order valence-corrected chi connectivity index (χ1v) is 10.5. The van der Waals surface area contributed by atoms with E-state index in [2.05, 4.69) is 10.3 Å². The number of carbonyl (C=O) groups excluding carboxylic acids is 2. The molecule has 2 heterocycles. The second kappa shape index (κ2) is 9.73. The highest BCUT2D eigenvalue weighted by atomic mass is 32.1. The molecular weight excluding hydrogens is 376 g/mol. The number of ether oxygens (including phenoxy) is 1. The molecule has 1 aliphatic heterocycles. The van der Waals surface area contributed by atoms with Crippen molar-refractivity contribution >= 4 is 40.9 Å². The van der Waals surface area contributed by atoms with Gasteiger partial charge in [-0.15, -0.1) is 11.3 Å². The molecular formula is C20H30N4O3S. The van der Waals surface area contributed by atoms with Gasteiger partial charge < -0.3 is 20.7 Å². The summed E-state index contributed by atoms with van der Waals surface area (Å²) >= 11 is 1.54. The van der Waals surface area contributed by atoms with E-state index < -0.39 is 11.7 Å². The number of amidine groups is 1. The smallest absolute Gasteiger partial charge is 0.407 e. The molecule has 0 atom stereocenters. The van der Waals surface area contributed by atoms with Crippen LogP contribution in [0.4, 0.5) is 10.5 Å². The van der Waals surface area contributed by atoms with Gasteiger partial charge in [-0.25, -0.2) is 9.79 Å². The largest absolute Gasteiger partial charge is 0.444 e. The van der Waals surface area contributed by atoms with Gasteiger partial charge in [-0.3, -0.25) is 4.79 Å². The van der Waals surface area contributed by atoms with Gasteiger partial charge in [0.25, 0.3) is 0 Å². The van der Waals surface area contributed by atoms with Gasteiger partial charge in [0.1, 0.15) is 11.4 Å². The zero-order valence-corrected chi connectivity index (χ0v) is 17.9. The van der Waals surface area contributed by atoms with Crippen LogP contribution in [-0.4, -0.2) is 48.0 Å². The van der Waals surface area contributed by atoms with Crippen molar-refractivity contribution in [1.29, 1.82) is 0 Å². The molecule has 0 fully saturated rings. The Kier molecular flexibility index (Phi) is 7.62. The van der Waals surface area contributed by atoms with E-state index in [0.29, 0.717) is 43.9 Å². The van der Waals surface area contributed by atoms with Crippen molar-refractivity contribution in [3.8, 4) is 0 Å². The Morgan fingerprint density at radius 1 is 1.32 bits per heavy atom. The minimum Gasteiger partial charge on any atom is -0.444 e. The summed E-state index contributed by atoms with van der Waals surface area (Å²) in [7, 11) is 0. The molecule has 0 aliphatic carbocycles. The third kappa shape index (κ3) is 6.67. The number of nitrogens with one attached hydrogen (secondary N) is 1. The van der Waals surface area contributed by atoms with Crippen LogP contribution in [0, 0.1) is 0 Å². The van der Waals surface area contributed by atoms with Gasteiger partial charge in [0.15, 0.2) is 0 Å². The molecule has 2 rings (SSSR count). The zero-order valence-electron chi connectivity index (χ0n) is 17.1. The molecule has 0 spiro atoms. The second-order valence-electron chi connectivity index (χ2n) is 7.74. The maximum Gasteiger partial charge on any atom is 0.407 e. The van der Waals surface area contributed by atoms with E-state index in [1.165, 1.54) is 11.3 Å². The standard InChI is InChI=1S/C20H30N4O3S/c1-5-8-24(9-6-7-22-19(26)27-20(2,3)4)18(25)14-10-15-12-28-13-16(15)23-17(21)11-14/h10,12-13H,5-9,11H2,1-4H3,(H2,21,23)(H,22,26). The average Bonchev–Trinajstić information content (AvgIpc) is 2.94. The van der Waals surface area contributed by atoms with Crippen molar-refractivity contribution in [2.24, 2.45) is 10.7 Å². The summed E-state index contributed by atoms with van der Waals surface area (Å²) in [6, 6.07) is 0. The number of thiophene rings is 1. The van der Waals surface area contributed by atoms with Crippen molar-refractivity contribution in [3.63, 3.8) is 0 Å². The van der Waals surface area contributed by atoms with Crippen LogP contribution in [0.15, 0.2) is 21.3 Å². The molecule has 1 aromatic heterocycles. The molecule has 0 bridgehead atoms. The van der Waals surface area contributed by atoms with E-state index in [1.807, 2.05) is 49.4 Å². The van der Waals surface area contributed by atoms with Crippen molar-refractivity contribution in [3.05, 3.63) is 21.9 Å². The molecule has 0 aromatic carbocycles. The number of alkyl carbamates (subject to hydrolysis) is 1. The van der Waals surface area contributed by atoms with Gasteiger partial charge in [0.2, 0.25) is 5.91 Å². The lowest BCUT2D eigenvalue weighted by Gasteiger charge is -2.24. The van der Waals surface area contributed by atoms with Crippen LogP contribution in [0.2, 0.25) is 0 Å². The van der Waals surface area contributed by atoms with Gasteiger partial charge in [-0.2, -0.15) is 0 Å². The highest BCUT2D eigenvalue weighted by Crippen LogP contribution is 2.30. The first-order valence-electron chi connectivity index (χ1n) is 9.55. The lowest BCUT2D eigenvalue weighted by molar-refractivity contribution is -0.127. The van der Waals surface area contributed by atoms with Crippen molar-refractivity contribution in [2.75, 3.05) is 19.6 Å². The lowest BCUT2D eigenvalue weighted by atomic mass is 10.1. The molecule has 2 amide bonds. The maximum absolute atomic E-state index is 13.1. The Balaban J connectivity index is 1.95. The number of fused-ring (bicyclic) bond motifs is 1. The Labute approximate surface area is 170 Å². The molecule has 0 radical (unpaired) electrons. The maximum atomic E-state index is 13.1. The van der Waals surface area contributed by atoms with Crippen LogP contribution >= 0.6 is 11.3 Å². The first-order chi connectivity index (χ1) is 13.2. The quantitative estimate of drug-likeness (QED) is 0.675. The Morgan fingerprint density at radius 2 is 2.07 bits per heavy atom. The molecule has 28 heavy (non-hydrogen) atoms. The molecule has 3 N–H and O–H groups in total. The van der Waals surface area contributed by atoms with Crippen LogP contribution in [-0.2, 0) is 9.53 Å². The van der Waals surface area contributed by atoms with Gasteiger partial charge in [-0.1, -0.05) is 6.92 Å². The third-order valence-electron chi connectivity index (χ3n) is 3.96. The molecule has 7 nitrogen and oxygen atoms in total. The molecule has 0 saturated heterocycles. The number of aliphatic imine (C=N–C) groups is 1. The van der Waals surface area contributed by atoms with E-state index in [9.17, 15) is 9.59 Å². The van der Waals surface area contributed by atoms with E-state index >= 15 is 0 Å². The topological polar surface area (TPSA) is 97.0 Å². The number of hydrogen-bond acceptors (Lipinski definition) is 6. The summed E-state index contributed by atoms with van der Waals surface area (Å²) < 4.78 is 5.22. The van der Waals surface area contributed by atoms with Crippen molar-refractivity contribution in [1.82, 2.24) is 10.2 Å². The predicted molar refractivity (Wildman–Crippen MR) is 114 cm³/mol. The summed E-state index contributed by atoms with van der Waals surface area (Å²) in [5, 5.41) is 6.63. The van der Waals surface area contributed by atoms with Crippen LogP contribution in [0.1, 0.15) is 52.5 Å². The van der Waals surface area contributed by atoms with Crippen LogP contribution in [0.3, 0.4) is 0 Å². The van der Waals surface area contributed by atoms with Crippen LogP contribution in [0.25, 0.3) is 6.08 Å². The summed E-state index contributed by atoms with van der Waals surface area (Å²) in [4.78, 5) is 31.0.